The van der Waals surface area contributed by atoms with Crippen molar-refractivity contribution in [1.82, 2.24) is 10.2 Å². The largest absolute Gasteiger partial charge is 0.377 e. The lowest BCUT2D eigenvalue weighted by atomic mass is 10.1. The van der Waals surface area contributed by atoms with E-state index in [1.165, 1.54) is 17.3 Å². The van der Waals surface area contributed by atoms with Gasteiger partial charge in [0.2, 0.25) is 0 Å². The third kappa shape index (κ3) is 6.92. The molecular formula is C25H35N5O3. The second kappa shape index (κ2) is 11.1. The van der Waals surface area contributed by atoms with Crippen LogP contribution < -0.4 is 15.5 Å². The van der Waals surface area contributed by atoms with E-state index in [0.717, 1.165) is 39.1 Å². The summed E-state index contributed by atoms with van der Waals surface area (Å²) in [7, 11) is 0. The van der Waals surface area contributed by atoms with Gasteiger partial charge in [0.1, 0.15) is 5.69 Å². The van der Waals surface area contributed by atoms with Gasteiger partial charge in [-0.2, -0.15) is 0 Å². The molecule has 1 unspecified atom stereocenters. The maximum absolute atomic E-state index is 12.2. The average molecular weight is 454 g/mol. The number of amides is 1. The number of nitrogens with zero attached hydrogens (tertiary/aromatic N) is 3. The SMILES string of the molecule is Cc1cccc(N2CCN(CCC(C)Nc3ccc(C(=O)NC(C)C)cc3[N+](=O)[O-])CC2)c1. The number of anilines is 2. The van der Waals surface area contributed by atoms with Gasteiger partial charge >= 0.3 is 0 Å². The normalized spacial score (nSPS) is 15.4. The molecule has 2 aromatic rings. The first kappa shape index (κ1) is 24.5. The Bertz CT molecular complexity index is 970. The van der Waals surface area contributed by atoms with Gasteiger partial charge in [-0.05, 0) is 63.9 Å². The Hall–Kier alpha value is -3.13. The molecule has 1 heterocycles. The number of hydrogen-bond donors (Lipinski definition) is 2. The lowest BCUT2D eigenvalue weighted by Gasteiger charge is -2.36. The predicted molar refractivity (Wildman–Crippen MR) is 133 cm³/mol. The van der Waals surface area contributed by atoms with Crippen LogP contribution in [0.15, 0.2) is 42.5 Å². The number of nitrogens with one attached hydrogen (secondary N) is 2. The number of rotatable bonds is 9. The van der Waals surface area contributed by atoms with Crippen LogP contribution in [0.25, 0.3) is 0 Å². The summed E-state index contributed by atoms with van der Waals surface area (Å²) < 4.78 is 0. The Morgan fingerprint density at radius 3 is 2.45 bits per heavy atom. The molecule has 1 aliphatic rings. The molecular weight excluding hydrogens is 418 g/mol. The number of nitro groups is 1. The molecule has 3 rings (SSSR count). The van der Waals surface area contributed by atoms with E-state index in [-0.39, 0.29) is 23.7 Å². The van der Waals surface area contributed by atoms with E-state index >= 15 is 0 Å². The fraction of sp³-hybridized carbons (Fsp3) is 0.480. The maximum Gasteiger partial charge on any atom is 0.293 e. The summed E-state index contributed by atoms with van der Waals surface area (Å²) in [5.41, 5.74) is 3.21. The molecule has 0 radical (unpaired) electrons. The zero-order valence-corrected chi connectivity index (χ0v) is 20.0. The van der Waals surface area contributed by atoms with Crippen LogP contribution in [0.3, 0.4) is 0 Å². The molecule has 0 aromatic heterocycles. The third-order valence-electron chi connectivity index (χ3n) is 5.90. The van der Waals surface area contributed by atoms with Crippen LogP contribution in [0.1, 0.15) is 43.1 Å². The van der Waals surface area contributed by atoms with E-state index in [2.05, 4.69) is 51.6 Å². The van der Waals surface area contributed by atoms with Gasteiger partial charge in [-0.15, -0.1) is 0 Å². The molecule has 8 nitrogen and oxygen atoms in total. The van der Waals surface area contributed by atoms with Crippen molar-refractivity contribution in [3.8, 4) is 0 Å². The maximum atomic E-state index is 12.2. The molecule has 1 aliphatic heterocycles. The monoisotopic (exact) mass is 453 g/mol. The van der Waals surface area contributed by atoms with Crippen LogP contribution in [-0.4, -0.2) is 60.5 Å². The Balaban J connectivity index is 1.52. The van der Waals surface area contributed by atoms with E-state index in [1.54, 1.807) is 12.1 Å². The zero-order valence-electron chi connectivity index (χ0n) is 20.0. The van der Waals surface area contributed by atoms with Crippen molar-refractivity contribution < 1.29 is 9.72 Å². The minimum atomic E-state index is -0.439. The molecule has 8 heteroatoms. The number of carbonyl (C=O) groups excluding carboxylic acids is 1. The number of carbonyl (C=O) groups is 1. The number of piperazine rings is 1. The minimum Gasteiger partial charge on any atom is -0.377 e. The topological polar surface area (TPSA) is 90.8 Å². The molecule has 0 aliphatic carbocycles. The van der Waals surface area contributed by atoms with Gasteiger partial charge in [0.25, 0.3) is 11.6 Å². The van der Waals surface area contributed by atoms with Crippen molar-refractivity contribution in [1.29, 1.82) is 0 Å². The number of nitro benzene ring substituents is 1. The summed E-state index contributed by atoms with van der Waals surface area (Å²) in [5.74, 6) is -0.308. The molecule has 0 saturated carbocycles. The zero-order chi connectivity index (χ0) is 24.0. The Morgan fingerprint density at radius 1 is 1.09 bits per heavy atom. The van der Waals surface area contributed by atoms with E-state index in [4.69, 9.17) is 0 Å². The van der Waals surface area contributed by atoms with E-state index in [9.17, 15) is 14.9 Å². The van der Waals surface area contributed by atoms with Gasteiger partial charge in [-0.3, -0.25) is 19.8 Å². The van der Waals surface area contributed by atoms with E-state index in [1.807, 2.05) is 20.8 Å². The summed E-state index contributed by atoms with van der Waals surface area (Å²) in [6, 6.07) is 13.2. The second-order valence-electron chi connectivity index (χ2n) is 9.12. The summed E-state index contributed by atoms with van der Waals surface area (Å²) in [6.45, 7) is 12.8. The molecule has 0 bridgehead atoms. The third-order valence-corrected chi connectivity index (χ3v) is 5.90. The van der Waals surface area contributed by atoms with Crippen LogP contribution in [0, 0.1) is 17.0 Å². The molecule has 2 N–H and O–H groups in total. The number of aryl methyl sites for hydroxylation is 1. The van der Waals surface area contributed by atoms with Crippen LogP contribution in [0.5, 0.6) is 0 Å². The molecule has 1 atom stereocenters. The highest BCUT2D eigenvalue weighted by molar-refractivity contribution is 5.95. The highest BCUT2D eigenvalue weighted by Gasteiger charge is 2.21. The van der Waals surface area contributed by atoms with Crippen molar-refractivity contribution in [2.24, 2.45) is 0 Å². The summed E-state index contributed by atoms with van der Waals surface area (Å²) in [4.78, 5) is 28.2. The van der Waals surface area contributed by atoms with Crippen molar-refractivity contribution >= 4 is 23.0 Å². The van der Waals surface area contributed by atoms with Gasteiger partial charge in [0.05, 0.1) is 4.92 Å². The van der Waals surface area contributed by atoms with E-state index < -0.39 is 4.92 Å². The molecule has 1 saturated heterocycles. The first-order valence-electron chi connectivity index (χ1n) is 11.6. The van der Waals surface area contributed by atoms with Gasteiger partial charge in [-0.25, -0.2) is 0 Å². The van der Waals surface area contributed by atoms with Gasteiger partial charge in [0, 0.05) is 62.1 Å². The highest BCUT2D eigenvalue weighted by atomic mass is 16.6. The van der Waals surface area contributed by atoms with E-state index in [0.29, 0.717) is 11.3 Å². The first-order valence-corrected chi connectivity index (χ1v) is 11.6. The van der Waals surface area contributed by atoms with Gasteiger partial charge < -0.3 is 15.5 Å². The van der Waals surface area contributed by atoms with Gasteiger partial charge in [-0.1, -0.05) is 12.1 Å². The first-order chi connectivity index (χ1) is 15.7. The predicted octanol–water partition coefficient (Wildman–Crippen LogP) is 4.05. The smallest absolute Gasteiger partial charge is 0.293 e. The Morgan fingerprint density at radius 2 is 1.82 bits per heavy atom. The molecule has 0 spiro atoms. The standard InChI is InChI=1S/C25H35N5O3/c1-18(2)26-25(31)21-8-9-23(24(17-21)30(32)33)27-20(4)10-11-28-12-14-29(15-13-28)22-7-5-6-19(3)16-22/h5-9,16-18,20,27H,10-15H2,1-4H3,(H,26,31). The fourth-order valence-corrected chi connectivity index (χ4v) is 4.06. The summed E-state index contributed by atoms with van der Waals surface area (Å²) in [6.07, 6.45) is 0.872. The highest BCUT2D eigenvalue weighted by Crippen LogP contribution is 2.27. The van der Waals surface area contributed by atoms with Crippen molar-refractivity contribution in [3.63, 3.8) is 0 Å². The van der Waals surface area contributed by atoms with Crippen LogP contribution in [0.4, 0.5) is 17.1 Å². The van der Waals surface area contributed by atoms with Crippen LogP contribution >= 0.6 is 0 Å². The van der Waals surface area contributed by atoms with Crippen molar-refractivity contribution in [3.05, 3.63) is 63.7 Å². The molecule has 1 fully saturated rings. The molecule has 178 valence electrons. The minimum absolute atomic E-state index is 0.0342. The number of benzene rings is 2. The Kier molecular flexibility index (Phi) is 8.27. The number of hydrogen-bond acceptors (Lipinski definition) is 6. The Labute approximate surface area is 196 Å². The second-order valence-corrected chi connectivity index (χ2v) is 9.12. The lowest BCUT2D eigenvalue weighted by molar-refractivity contribution is -0.384. The quantitative estimate of drug-likeness (QED) is 0.440. The molecule has 1 amide bonds. The van der Waals surface area contributed by atoms with Crippen LogP contribution in [-0.2, 0) is 0 Å². The summed E-state index contributed by atoms with van der Waals surface area (Å²) >= 11 is 0. The molecule has 2 aromatic carbocycles. The summed E-state index contributed by atoms with van der Waals surface area (Å²) in [5, 5.41) is 17.6. The average Bonchev–Trinajstić information content (AvgIpc) is 2.77. The molecule has 33 heavy (non-hydrogen) atoms. The van der Waals surface area contributed by atoms with Crippen molar-refractivity contribution in [2.45, 2.75) is 46.2 Å². The van der Waals surface area contributed by atoms with Gasteiger partial charge in [0.15, 0.2) is 0 Å². The lowest BCUT2D eigenvalue weighted by Crippen LogP contribution is -2.47. The fourth-order valence-electron chi connectivity index (χ4n) is 4.06. The van der Waals surface area contributed by atoms with Crippen LogP contribution in [0.2, 0.25) is 0 Å². The van der Waals surface area contributed by atoms with Crippen molar-refractivity contribution in [2.75, 3.05) is 42.9 Å².